The van der Waals surface area contributed by atoms with E-state index >= 15 is 0 Å². The van der Waals surface area contributed by atoms with Crippen molar-refractivity contribution in [2.45, 2.75) is 6.54 Å². The van der Waals surface area contributed by atoms with Gasteiger partial charge in [-0.15, -0.1) is 0 Å². The molecule has 1 aromatic rings. The predicted octanol–water partition coefficient (Wildman–Crippen LogP) is 0.422. The first kappa shape index (κ1) is 14.5. The highest BCUT2D eigenvalue weighted by molar-refractivity contribution is 5.78. The van der Waals surface area contributed by atoms with Crippen molar-refractivity contribution in [3.05, 3.63) is 35.4 Å². The summed E-state index contributed by atoms with van der Waals surface area (Å²) in [5.74, 6) is 0.148. The summed E-state index contributed by atoms with van der Waals surface area (Å²) in [7, 11) is 2.07. The number of nitrogens with one attached hydrogen (secondary N) is 1. The zero-order chi connectivity index (χ0) is 14.4. The maximum absolute atomic E-state index is 12.0. The highest BCUT2D eigenvalue weighted by Gasteiger charge is 2.18. The van der Waals surface area contributed by atoms with E-state index in [1.165, 1.54) is 0 Å². The Morgan fingerprint density at radius 1 is 1.35 bits per heavy atom. The Morgan fingerprint density at radius 3 is 2.80 bits per heavy atom. The van der Waals surface area contributed by atoms with Crippen LogP contribution in [0.5, 0.6) is 0 Å². The molecule has 1 amide bonds. The summed E-state index contributed by atoms with van der Waals surface area (Å²) >= 11 is 0. The predicted molar refractivity (Wildman–Crippen MR) is 76.9 cm³/mol. The lowest BCUT2D eigenvalue weighted by molar-refractivity contribution is -0.131. The van der Waals surface area contributed by atoms with E-state index in [1.54, 1.807) is 6.07 Å². The average molecular weight is 272 g/mol. The number of nitrogens with zero attached hydrogens (tertiary/aromatic N) is 3. The molecule has 0 atom stereocenters. The Labute approximate surface area is 119 Å². The molecule has 0 radical (unpaired) electrons. The zero-order valence-electron chi connectivity index (χ0n) is 11.8. The maximum Gasteiger partial charge on any atom is 0.236 e. The Balaban J connectivity index is 1.75. The van der Waals surface area contributed by atoms with Gasteiger partial charge >= 0.3 is 0 Å². The first-order valence-corrected chi connectivity index (χ1v) is 6.85. The minimum atomic E-state index is 0.148. The van der Waals surface area contributed by atoms with E-state index in [0.717, 1.165) is 31.7 Å². The fraction of sp³-hybridized carbons (Fsp3) is 0.467. The standard InChI is InChI=1S/C15H20N4O/c1-18-5-7-19(8-6-18)15(20)12-17-11-14-4-2-3-13(9-14)10-16/h2-4,9,17H,5-8,11-12H2,1H3. The van der Waals surface area contributed by atoms with Crippen LogP contribution in [-0.4, -0.2) is 55.5 Å². The van der Waals surface area contributed by atoms with Crippen LogP contribution in [-0.2, 0) is 11.3 Å². The summed E-state index contributed by atoms with van der Waals surface area (Å²) in [5.41, 5.74) is 1.67. The van der Waals surface area contributed by atoms with Gasteiger partial charge in [-0.1, -0.05) is 12.1 Å². The molecule has 106 valence electrons. The van der Waals surface area contributed by atoms with Gasteiger partial charge in [-0.25, -0.2) is 0 Å². The lowest BCUT2D eigenvalue weighted by Crippen LogP contribution is -2.49. The SMILES string of the molecule is CN1CCN(C(=O)CNCc2cccc(C#N)c2)CC1. The quantitative estimate of drug-likeness (QED) is 0.863. The molecule has 5 heteroatoms. The van der Waals surface area contributed by atoms with Crippen LogP contribution in [0.2, 0.25) is 0 Å². The van der Waals surface area contributed by atoms with E-state index in [2.05, 4.69) is 23.3 Å². The molecule has 1 aliphatic rings. The second-order valence-electron chi connectivity index (χ2n) is 5.10. The van der Waals surface area contributed by atoms with Gasteiger partial charge in [0.15, 0.2) is 0 Å². The minimum absolute atomic E-state index is 0.148. The summed E-state index contributed by atoms with van der Waals surface area (Å²) in [4.78, 5) is 16.1. The molecule has 1 N–H and O–H groups in total. The number of benzene rings is 1. The highest BCUT2D eigenvalue weighted by atomic mass is 16.2. The molecule has 20 heavy (non-hydrogen) atoms. The fourth-order valence-electron chi connectivity index (χ4n) is 2.23. The van der Waals surface area contributed by atoms with Crippen molar-refractivity contribution in [2.75, 3.05) is 39.8 Å². The normalized spacial score (nSPS) is 15.9. The highest BCUT2D eigenvalue weighted by Crippen LogP contribution is 2.04. The molecule has 1 aliphatic heterocycles. The first-order chi connectivity index (χ1) is 9.69. The van der Waals surface area contributed by atoms with Gasteiger partial charge in [-0.3, -0.25) is 4.79 Å². The summed E-state index contributed by atoms with van der Waals surface area (Å²) in [6.45, 7) is 4.45. The zero-order valence-corrected chi connectivity index (χ0v) is 11.8. The average Bonchev–Trinajstić information content (AvgIpc) is 2.48. The molecule has 0 bridgehead atoms. The van der Waals surface area contributed by atoms with Gasteiger partial charge in [0.2, 0.25) is 5.91 Å². The van der Waals surface area contributed by atoms with Crippen molar-refractivity contribution in [3.8, 4) is 6.07 Å². The number of rotatable bonds is 4. The van der Waals surface area contributed by atoms with Crippen LogP contribution in [0.3, 0.4) is 0 Å². The van der Waals surface area contributed by atoms with Crippen molar-refractivity contribution in [3.63, 3.8) is 0 Å². The van der Waals surface area contributed by atoms with Gasteiger partial charge in [0.25, 0.3) is 0 Å². The third kappa shape index (κ3) is 4.05. The van der Waals surface area contributed by atoms with Gasteiger partial charge in [-0.05, 0) is 24.7 Å². The number of carbonyl (C=O) groups is 1. The molecule has 1 saturated heterocycles. The Hall–Kier alpha value is -1.90. The van der Waals surface area contributed by atoms with Gasteiger partial charge in [0.05, 0.1) is 18.2 Å². The molecule has 1 aromatic carbocycles. The number of hydrogen-bond acceptors (Lipinski definition) is 4. The molecule has 0 unspecified atom stereocenters. The Morgan fingerprint density at radius 2 is 2.10 bits per heavy atom. The minimum Gasteiger partial charge on any atom is -0.339 e. The third-order valence-electron chi connectivity index (χ3n) is 3.52. The van der Waals surface area contributed by atoms with E-state index in [1.807, 2.05) is 23.1 Å². The molecule has 0 aliphatic carbocycles. The molecule has 1 fully saturated rings. The monoisotopic (exact) mass is 272 g/mol. The molecule has 0 aromatic heterocycles. The lowest BCUT2D eigenvalue weighted by Gasteiger charge is -2.32. The van der Waals surface area contributed by atoms with Crippen LogP contribution in [0, 0.1) is 11.3 Å². The second-order valence-corrected chi connectivity index (χ2v) is 5.10. The molecule has 1 heterocycles. The van der Waals surface area contributed by atoms with E-state index < -0.39 is 0 Å². The van der Waals surface area contributed by atoms with Crippen LogP contribution >= 0.6 is 0 Å². The number of amides is 1. The van der Waals surface area contributed by atoms with E-state index in [-0.39, 0.29) is 5.91 Å². The molecule has 0 spiro atoms. The molecule has 0 saturated carbocycles. The van der Waals surface area contributed by atoms with Crippen LogP contribution in [0.25, 0.3) is 0 Å². The Kier molecular flexibility index (Phi) is 5.10. The van der Waals surface area contributed by atoms with Crippen LogP contribution in [0.4, 0.5) is 0 Å². The van der Waals surface area contributed by atoms with Crippen molar-refractivity contribution in [1.82, 2.24) is 15.1 Å². The third-order valence-corrected chi connectivity index (χ3v) is 3.52. The summed E-state index contributed by atoms with van der Waals surface area (Å²) < 4.78 is 0. The Bertz CT molecular complexity index is 501. The van der Waals surface area contributed by atoms with Crippen molar-refractivity contribution >= 4 is 5.91 Å². The van der Waals surface area contributed by atoms with Gasteiger partial charge in [-0.2, -0.15) is 5.26 Å². The molecular weight excluding hydrogens is 252 g/mol. The van der Waals surface area contributed by atoms with Crippen molar-refractivity contribution in [1.29, 1.82) is 5.26 Å². The number of nitriles is 1. The number of piperazine rings is 1. The smallest absolute Gasteiger partial charge is 0.236 e. The van der Waals surface area contributed by atoms with E-state index in [4.69, 9.17) is 5.26 Å². The largest absolute Gasteiger partial charge is 0.339 e. The van der Waals surface area contributed by atoms with Gasteiger partial charge in [0, 0.05) is 32.7 Å². The lowest BCUT2D eigenvalue weighted by atomic mass is 10.1. The second kappa shape index (κ2) is 7.04. The molecule has 5 nitrogen and oxygen atoms in total. The van der Waals surface area contributed by atoms with E-state index in [9.17, 15) is 4.79 Å². The first-order valence-electron chi connectivity index (χ1n) is 6.85. The summed E-state index contributed by atoms with van der Waals surface area (Å²) in [6, 6.07) is 9.54. The molecule has 2 rings (SSSR count). The number of likely N-dealkylation sites (N-methyl/N-ethyl adjacent to an activating group) is 1. The summed E-state index contributed by atoms with van der Waals surface area (Å²) in [6.07, 6.45) is 0. The van der Waals surface area contributed by atoms with Crippen LogP contribution < -0.4 is 5.32 Å². The molecular formula is C15H20N4O. The maximum atomic E-state index is 12.0. The van der Waals surface area contributed by atoms with Gasteiger partial charge in [0.1, 0.15) is 0 Å². The summed E-state index contributed by atoms with van der Waals surface area (Å²) in [5, 5.41) is 12.0. The van der Waals surface area contributed by atoms with E-state index in [0.29, 0.717) is 18.7 Å². The van der Waals surface area contributed by atoms with Crippen LogP contribution in [0.1, 0.15) is 11.1 Å². The van der Waals surface area contributed by atoms with Gasteiger partial charge < -0.3 is 15.1 Å². The topological polar surface area (TPSA) is 59.4 Å². The fourth-order valence-corrected chi connectivity index (χ4v) is 2.23. The van der Waals surface area contributed by atoms with Crippen molar-refractivity contribution < 1.29 is 4.79 Å². The van der Waals surface area contributed by atoms with Crippen LogP contribution in [0.15, 0.2) is 24.3 Å². The number of hydrogen-bond donors (Lipinski definition) is 1. The number of carbonyl (C=O) groups excluding carboxylic acids is 1. The van der Waals surface area contributed by atoms with Crippen molar-refractivity contribution in [2.24, 2.45) is 0 Å².